The maximum atomic E-state index is 12.9. The van der Waals surface area contributed by atoms with Gasteiger partial charge in [-0.05, 0) is 30.9 Å². The predicted molar refractivity (Wildman–Crippen MR) is 73.7 cm³/mol. The van der Waals surface area contributed by atoms with Crippen molar-refractivity contribution in [2.45, 2.75) is 37.9 Å². The minimum absolute atomic E-state index is 0.0110. The van der Waals surface area contributed by atoms with Crippen molar-refractivity contribution >= 4 is 5.91 Å². The molecule has 0 radical (unpaired) electrons. The first kappa shape index (κ1) is 15.8. The van der Waals surface area contributed by atoms with Crippen molar-refractivity contribution in [1.29, 1.82) is 0 Å². The van der Waals surface area contributed by atoms with Crippen LogP contribution in [0, 0.1) is 5.92 Å². The van der Waals surface area contributed by atoms with Gasteiger partial charge in [0.2, 0.25) is 0 Å². The van der Waals surface area contributed by atoms with E-state index in [4.69, 9.17) is 5.73 Å². The zero-order valence-corrected chi connectivity index (χ0v) is 11.6. The van der Waals surface area contributed by atoms with Gasteiger partial charge >= 0.3 is 6.18 Å². The van der Waals surface area contributed by atoms with Crippen molar-refractivity contribution in [2.75, 3.05) is 6.54 Å². The lowest BCUT2D eigenvalue weighted by atomic mass is 9.85. The second-order valence-electron chi connectivity index (χ2n) is 5.46. The summed E-state index contributed by atoms with van der Waals surface area (Å²) in [6, 6.07) is 4.82. The minimum Gasteiger partial charge on any atom is -0.352 e. The van der Waals surface area contributed by atoms with E-state index in [9.17, 15) is 18.0 Å². The number of benzene rings is 1. The van der Waals surface area contributed by atoms with Crippen LogP contribution in [-0.4, -0.2) is 18.5 Å². The Morgan fingerprint density at radius 1 is 1.24 bits per heavy atom. The molecule has 1 fully saturated rings. The molecule has 2 rings (SSSR count). The number of hydrogen-bond donors (Lipinski definition) is 2. The standard InChI is InChI=1S/C15H19F3N2O/c16-15(17,18)12-7-3-2-6-11(12)14(21)20-9-10-5-1-4-8-13(10)19/h2-3,6-7,10,13H,1,4-5,8-9,19H2,(H,20,21). The molecule has 2 unspecified atom stereocenters. The van der Waals surface area contributed by atoms with Crippen LogP contribution in [0.1, 0.15) is 41.6 Å². The van der Waals surface area contributed by atoms with Crippen molar-refractivity contribution in [1.82, 2.24) is 5.32 Å². The van der Waals surface area contributed by atoms with Crippen LogP contribution >= 0.6 is 0 Å². The van der Waals surface area contributed by atoms with E-state index in [0.29, 0.717) is 6.54 Å². The van der Waals surface area contributed by atoms with Gasteiger partial charge in [-0.15, -0.1) is 0 Å². The minimum atomic E-state index is -4.53. The molecule has 6 heteroatoms. The molecule has 21 heavy (non-hydrogen) atoms. The fourth-order valence-electron chi connectivity index (χ4n) is 2.74. The van der Waals surface area contributed by atoms with E-state index >= 15 is 0 Å². The molecule has 3 N–H and O–H groups in total. The quantitative estimate of drug-likeness (QED) is 0.901. The van der Waals surface area contributed by atoms with Crippen LogP contribution in [0.4, 0.5) is 13.2 Å². The molecular weight excluding hydrogens is 281 g/mol. The first-order valence-corrected chi connectivity index (χ1v) is 7.09. The van der Waals surface area contributed by atoms with Crippen LogP contribution in [-0.2, 0) is 6.18 Å². The molecule has 116 valence electrons. The molecule has 1 amide bonds. The number of halogens is 3. The van der Waals surface area contributed by atoms with E-state index in [1.54, 1.807) is 0 Å². The van der Waals surface area contributed by atoms with Crippen molar-refractivity contribution in [2.24, 2.45) is 11.7 Å². The summed E-state index contributed by atoms with van der Waals surface area (Å²) in [6.45, 7) is 0.326. The summed E-state index contributed by atoms with van der Waals surface area (Å²) in [5, 5.41) is 2.59. The van der Waals surface area contributed by atoms with E-state index < -0.39 is 17.6 Å². The van der Waals surface area contributed by atoms with Crippen molar-refractivity contribution in [3.63, 3.8) is 0 Å². The van der Waals surface area contributed by atoms with Gasteiger partial charge in [0.15, 0.2) is 0 Å². The average molecular weight is 300 g/mol. The Labute approximate surface area is 121 Å². The fraction of sp³-hybridized carbons (Fsp3) is 0.533. The molecule has 1 aliphatic carbocycles. The van der Waals surface area contributed by atoms with Crippen LogP contribution in [0.15, 0.2) is 24.3 Å². The van der Waals surface area contributed by atoms with Gasteiger partial charge in [0.1, 0.15) is 0 Å². The van der Waals surface area contributed by atoms with Gasteiger partial charge in [0, 0.05) is 12.6 Å². The number of alkyl halides is 3. The number of rotatable bonds is 3. The third kappa shape index (κ3) is 3.97. The van der Waals surface area contributed by atoms with E-state index in [2.05, 4.69) is 5.32 Å². The molecule has 2 atom stereocenters. The third-order valence-electron chi connectivity index (χ3n) is 3.97. The highest BCUT2D eigenvalue weighted by molar-refractivity contribution is 5.95. The van der Waals surface area contributed by atoms with Crippen LogP contribution in [0.5, 0.6) is 0 Å². The number of carbonyl (C=O) groups is 1. The molecule has 0 aliphatic heterocycles. The van der Waals surface area contributed by atoms with Crippen molar-refractivity contribution in [3.05, 3.63) is 35.4 Å². The van der Waals surface area contributed by atoms with Gasteiger partial charge in [-0.25, -0.2) is 0 Å². The normalized spacial score (nSPS) is 22.9. The maximum Gasteiger partial charge on any atom is 0.417 e. The van der Waals surface area contributed by atoms with E-state index in [-0.39, 0.29) is 17.5 Å². The Balaban J connectivity index is 2.04. The Morgan fingerprint density at radius 2 is 1.90 bits per heavy atom. The fourth-order valence-corrected chi connectivity index (χ4v) is 2.74. The van der Waals surface area contributed by atoms with E-state index in [1.165, 1.54) is 18.2 Å². The van der Waals surface area contributed by atoms with Gasteiger partial charge in [-0.3, -0.25) is 4.79 Å². The monoisotopic (exact) mass is 300 g/mol. The molecule has 1 aromatic rings. The molecule has 1 aromatic carbocycles. The Morgan fingerprint density at radius 3 is 2.57 bits per heavy atom. The second-order valence-corrected chi connectivity index (χ2v) is 5.46. The highest BCUT2D eigenvalue weighted by Gasteiger charge is 2.35. The van der Waals surface area contributed by atoms with Gasteiger partial charge in [0.25, 0.3) is 5.91 Å². The Hall–Kier alpha value is -1.56. The third-order valence-corrected chi connectivity index (χ3v) is 3.97. The van der Waals surface area contributed by atoms with Gasteiger partial charge in [-0.2, -0.15) is 13.2 Å². The molecule has 0 saturated heterocycles. The lowest BCUT2D eigenvalue weighted by Gasteiger charge is -2.28. The summed E-state index contributed by atoms with van der Waals surface area (Å²) in [5.41, 5.74) is 4.73. The van der Waals surface area contributed by atoms with E-state index in [0.717, 1.165) is 31.7 Å². The van der Waals surface area contributed by atoms with Gasteiger partial charge in [0.05, 0.1) is 11.1 Å². The van der Waals surface area contributed by atoms with Crippen molar-refractivity contribution in [3.8, 4) is 0 Å². The van der Waals surface area contributed by atoms with Gasteiger partial charge in [-0.1, -0.05) is 25.0 Å². The Kier molecular flexibility index (Phi) is 4.88. The molecule has 0 aromatic heterocycles. The molecule has 1 aliphatic rings. The summed E-state index contributed by atoms with van der Waals surface area (Å²) in [6.07, 6.45) is -0.604. The first-order valence-electron chi connectivity index (χ1n) is 7.09. The maximum absolute atomic E-state index is 12.9. The zero-order valence-electron chi connectivity index (χ0n) is 11.6. The van der Waals surface area contributed by atoms with Crippen molar-refractivity contribution < 1.29 is 18.0 Å². The molecule has 1 saturated carbocycles. The molecule has 0 heterocycles. The highest BCUT2D eigenvalue weighted by Crippen LogP contribution is 2.31. The summed E-state index contributed by atoms with van der Waals surface area (Å²) in [5.74, 6) is -0.554. The lowest BCUT2D eigenvalue weighted by molar-refractivity contribution is -0.137. The highest BCUT2D eigenvalue weighted by atomic mass is 19.4. The molecule has 0 spiro atoms. The number of hydrogen-bond acceptors (Lipinski definition) is 2. The largest absolute Gasteiger partial charge is 0.417 e. The zero-order chi connectivity index (χ0) is 15.5. The number of carbonyl (C=O) groups excluding carboxylic acids is 1. The smallest absolute Gasteiger partial charge is 0.352 e. The number of nitrogens with two attached hydrogens (primary N) is 1. The summed E-state index contributed by atoms with van der Waals surface area (Å²) in [7, 11) is 0. The summed E-state index contributed by atoms with van der Waals surface area (Å²) in [4.78, 5) is 12.0. The summed E-state index contributed by atoms with van der Waals surface area (Å²) < 4.78 is 38.6. The Bertz CT molecular complexity index is 502. The molecule has 0 bridgehead atoms. The summed E-state index contributed by atoms with van der Waals surface area (Å²) >= 11 is 0. The van der Waals surface area contributed by atoms with Crippen LogP contribution in [0.3, 0.4) is 0 Å². The molecule has 3 nitrogen and oxygen atoms in total. The predicted octanol–water partition coefficient (Wildman–Crippen LogP) is 2.95. The van der Waals surface area contributed by atoms with Crippen LogP contribution in [0.2, 0.25) is 0 Å². The number of amides is 1. The second kappa shape index (κ2) is 6.47. The topological polar surface area (TPSA) is 55.1 Å². The SMILES string of the molecule is NC1CCCCC1CNC(=O)c1ccccc1C(F)(F)F. The first-order chi connectivity index (χ1) is 9.89. The van der Waals surface area contributed by atoms with Gasteiger partial charge < -0.3 is 11.1 Å². The van der Waals surface area contributed by atoms with Crippen LogP contribution < -0.4 is 11.1 Å². The number of nitrogens with one attached hydrogen (secondary N) is 1. The molecular formula is C15H19F3N2O. The van der Waals surface area contributed by atoms with Crippen LogP contribution in [0.25, 0.3) is 0 Å². The average Bonchev–Trinajstić information content (AvgIpc) is 2.45. The van der Waals surface area contributed by atoms with E-state index in [1.807, 2.05) is 0 Å². The lowest BCUT2D eigenvalue weighted by Crippen LogP contribution is -2.41.